The van der Waals surface area contributed by atoms with Crippen molar-refractivity contribution in [2.45, 2.75) is 33.1 Å². The van der Waals surface area contributed by atoms with Gasteiger partial charge in [0.05, 0.1) is 18.8 Å². The predicted octanol–water partition coefficient (Wildman–Crippen LogP) is 8.89. The van der Waals surface area contributed by atoms with Crippen LogP contribution in [0.5, 0.6) is 11.5 Å². The van der Waals surface area contributed by atoms with Gasteiger partial charge in [0.2, 0.25) is 0 Å². The normalized spacial score (nSPS) is 11.3. The Labute approximate surface area is 195 Å². The summed E-state index contributed by atoms with van der Waals surface area (Å²) < 4.78 is 53.4. The van der Waals surface area contributed by atoms with Crippen LogP contribution in [0, 0.1) is 5.82 Å². The number of hydrogen-bond donors (Lipinski definition) is 0. The minimum atomic E-state index is -2.62. The van der Waals surface area contributed by atoms with E-state index in [0.717, 1.165) is 39.8 Å². The predicted molar refractivity (Wildman–Crippen MR) is 129 cm³/mol. The first-order valence-corrected chi connectivity index (χ1v) is 11.8. The van der Waals surface area contributed by atoms with E-state index in [9.17, 15) is 13.2 Å². The molecular weight excluding hydrogens is 445 g/mol. The Hall–Kier alpha value is -2.99. The van der Waals surface area contributed by atoms with Gasteiger partial charge in [0.1, 0.15) is 5.75 Å². The molecule has 0 saturated heterocycles. The molecule has 0 fully saturated rings. The second-order valence-electron chi connectivity index (χ2n) is 7.66. The SMILES string of the molecule is CCCCOc1ccc(-c2ccc(-c3cc4ccc(OCC)c(C(F)F)c4s3)cc2)cc1F. The average Bonchev–Trinajstić information content (AvgIpc) is 3.24. The quantitative estimate of drug-likeness (QED) is 0.227. The van der Waals surface area contributed by atoms with E-state index in [1.54, 1.807) is 19.1 Å². The summed E-state index contributed by atoms with van der Waals surface area (Å²) >= 11 is 1.32. The van der Waals surface area contributed by atoms with Crippen molar-refractivity contribution < 1.29 is 22.6 Å². The maximum Gasteiger partial charge on any atom is 0.268 e. The molecule has 172 valence electrons. The molecule has 2 nitrogen and oxygen atoms in total. The summed E-state index contributed by atoms with van der Waals surface area (Å²) in [6.45, 7) is 4.66. The first-order chi connectivity index (χ1) is 16.0. The van der Waals surface area contributed by atoms with Crippen LogP contribution in [0.25, 0.3) is 31.7 Å². The van der Waals surface area contributed by atoms with Crippen molar-refractivity contribution in [1.29, 1.82) is 0 Å². The van der Waals surface area contributed by atoms with Crippen molar-refractivity contribution in [3.63, 3.8) is 0 Å². The van der Waals surface area contributed by atoms with Crippen LogP contribution in [0.1, 0.15) is 38.7 Å². The molecule has 1 heterocycles. The lowest BCUT2D eigenvalue weighted by Gasteiger charge is -2.10. The summed E-state index contributed by atoms with van der Waals surface area (Å²) in [4.78, 5) is 0.887. The lowest BCUT2D eigenvalue weighted by molar-refractivity contribution is 0.147. The summed E-state index contributed by atoms with van der Waals surface area (Å²) in [6, 6.07) is 18.0. The molecule has 0 radical (unpaired) electrons. The van der Waals surface area contributed by atoms with Gasteiger partial charge in [-0.25, -0.2) is 13.2 Å². The van der Waals surface area contributed by atoms with E-state index in [4.69, 9.17) is 9.47 Å². The zero-order chi connectivity index (χ0) is 23.4. The van der Waals surface area contributed by atoms with Gasteiger partial charge in [0.15, 0.2) is 11.6 Å². The van der Waals surface area contributed by atoms with Crippen molar-refractivity contribution in [2.75, 3.05) is 13.2 Å². The van der Waals surface area contributed by atoms with Crippen molar-refractivity contribution in [3.8, 4) is 33.1 Å². The molecule has 0 unspecified atom stereocenters. The Kier molecular flexibility index (Phi) is 7.23. The zero-order valence-electron chi connectivity index (χ0n) is 18.5. The minimum absolute atomic E-state index is 0.0565. The monoisotopic (exact) mass is 470 g/mol. The van der Waals surface area contributed by atoms with Crippen LogP contribution in [0.4, 0.5) is 13.2 Å². The number of fused-ring (bicyclic) bond motifs is 1. The van der Waals surface area contributed by atoms with Gasteiger partial charge < -0.3 is 9.47 Å². The molecule has 0 saturated carbocycles. The smallest absolute Gasteiger partial charge is 0.268 e. The standard InChI is InChI=1S/C27H25F3O2S/c1-3-5-14-32-22-12-10-19(15-21(22)28)17-6-8-18(9-7-17)24-16-20-11-13-23(31-4-2)25(27(29)30)26(20)33-24/h6-13,15-16,27H,3-5,14H2,1-2H3. The molecule has 3 aromatic carbocycles. The maximum atomic E-state index is 14.4. The number of unbranched alkanes of at least 4 members (excludes halogenated alkanes) is 1. The first kappa shape index (κ1) is 23.2. The van der Waals surface area contributed by atoms with Crippen LogP contribution >= 0.6 is 11.3 Å². The van der Waals surface area contributed by atoms with E-state index in [1.165, 1.54) is 17.4 Å². The summed E-state index contributed by atoms with van der Waals surface area (Å²) in [5.74, 6) is 0.102. The highest BCUT2D eigenvalue weighted by Gasteiger charge is 2.20. The Morgan fingerprint density at radius 3 is 2.18 bits per heavy atom. The molecule has 4 aromatic rings. The van der Waals surface area contributed by atoms with Crippen LogP contribution in [0.15, 0.2) is 60.7 Å². The van der Waals surface area contributed by atoms with E-state index in [1.807, 2.05) is 42.5 Å². The third-order valence-corrected chi connectivity index (χ3v) is 6.63. The molecule has 0 spiro atoms. The molecule has 0 aliphatic rings. The summed E-state index contributed by atoms with van der Waals surface area (Å²) in [5, 5.41) is 0.763. The fourth-order valence-electron chi connectivity index (χ4n) is 3.69. The van der Waals surface area contributed by atoms with Crippen molar-refractivity contribution >= 4 is 21.4 Å². The molecule has 0 bridgehead atoms. The molecule has 0 aliphatic carbocycles. The highest BCUT2D eigenvalue weighted by molar-refractivity contribution is 7.22. The number of thiophene rings is 1. The molecule has 4 rings (SSSR count). The van der Waals surface area contributed by atoms with Crippen molar-refractivity contribution in [2.24, 2.45) is 0 Å². The largest absolute Gasteiger partial charge is 0.493 e. The van der Waals surface area contributed by atoms with Gasteiger partial charge in [-0.3, -0.25) is 0 Å². The van der Waals surface area contributed by atoms with Crippen LogP contribution in [-0.4, -0.2) is 13.2 Å². The van der Waals surface area contributed by atoms with Crippen LogP contribution in [-0.2, 0) is 0 Å². The van der Waals surface area contributed by atoms with Gasteiger partial charge in [-0.1, -0.05) is 43.7 Å². The lowest BCUT2D eigenvalue weighted by Crippen LogP contribution is -1.98. The third kappa shape index (κ3) is 5.01. The van der Waals surface area contributed by atoms with Gasteiger partial charge in [-0.05, 0) is 65.8 Å². The van der Waals surface area contributed by atoms with Gasteiger partial charge >= 0.3 is 0 Å². The molecule has 6 heteroatoms. The second-order valence-corrected chi connectivity index (χ2v) is 8.72. The van der Waals surface area contributed by atoms with E-state index < -0.39 is 6.43 Å². The van der Waals surface area contributed by atoms with Crippen molar-refractivity contribution in [1.82, 2.24) is 0 Å². The summed E-state index contributed by atoms with van der Waals surface area (Å²) in [5.41, 5.74) is 2.47. The Morgan fingerprint density at radius 2 is 1.52 bits per heavy atom. The fourth-order valence-corrected chi connectivity index (χ4v) is 4.89. The molecule has 0 atom stereocenters. The third-order valence-electron chi connectivity index (χ3n) is 5.39. The Balaban J connectivity index is 1.61. The van der Waals surface area contributed by atoms with Crippen molar-refractivity contribution in [3.05, 3.63) is 72.0 Å². The second kappa shape index (κ2) is 10.3. The highest BCUT2D eigenvalue weighted by Crippen LogP contribution is 2.43. The molecule has 0 amide bonds. The first-order valence-electron chi connectivity index (χ1n) is 11.0. The summed E-state index contributed by atoms with van der Waals surface area (Å²) in [6.07, 6.45) is -0.747. The number of ether oxygens (including phenoxy) is 2. The van der Waals surface area contributed by atoms with E-state index in [0.29, 0.717) is 17.9 Å². The number of alkyl halides is 2. The molecule has 1 aromatic heterocycles. The summed E-state index contributed by atoms with van der Waals surface area (Å²) in [7, 11) is 0. The average molecular weight is 471 g/mol. The fraction of sp³-hybridized carbons (Fsp3) is 0.259. The van der Waals surface area contributed by atoms with Gasteiger partial charge in [-0.15, -0.1) is 11.3 Å². The van der Waals surface area contributed by atoms with E-state index in [-0.39, 0.29) is 22.9 Å². The number of hydrogen-bond acceptors (Lipinski definition) is 3. The minimum Gasteiger partial charge on any atom is -0.493 e. The molecule has 33 heavy (non-hydrogen) atoms. The Morgan fingerprint density at radius 1 is 0.818 bits per heavy atom. The van der Waals surface area contributed by atoms with Gasteiger partial charge in [-0.2, -0.15) is 0 Å². The van der Waals surface area contributed by atoms with Gasteiger partial charge in [0, 0.05) is 9.58 Å². The zero-order valence-corrected chi connectivity index (χ0v) is 19.4. The van der Waals surface area contributed by atoms with Crippen LogP contribution < -0.4 is 9.47 Å². The topological polar surface area (TPSA) is 18.5 Å². The molecule has 0 aliphatic heterocycles. The molecular formula is C27H25F3O2S. The lowest BCUT2D eigenvalue weighted by atomic mass is 10.0. The molecule has 0 N–H and O–H groups in total. The maximum absolute atomic E-state index is 14.4. The number of benzene rings is 3. The van der Waals surface area contributed by atoms with E-state index >= 15 is 0 Å². The van der Waals surface area contributed by atoms with E-state index in [2.05, 4.69) is 6.92 Å². The Bertz CT molecular complexity index is 1230. The van der Waals surface area contributed by atoms with Gasteiger partial charge in [0.25, 0.3) is 6.43 Å². The number of rotatable bonds is 9. The van der Waals surface area contributed by atoms with Crippen LogP contribution in [0.3, 0.4) is 0 Å². The number of halogens is 3. The highest BCUT2D eigenvalue weighted by atomic mass is 32.1. The van der Waals surface area contributed by atoms with Crippen LogP contribution in [0.2, 0.25) is 0 Å².